The molecule has 1 aliphatic heterocycles. The lowest BCUT2D eigenvalue weighted by molar-refractivity contribution is 0.0926. The molecular formula is C12H14Cl2F2N2O. The van der Waals surface area contributed by atoms with Crippen molar-refractivity contribution in [3.8, 4) is 0 Å². The average Bonchev–Trinajstić information content (AvgIpc) is 2.35. The fourth-order valence-corrected chi connectivity index (χ4v) is 2.09. The fraction of sp³-hybridized carbons (Fsp3) is 0.417. The summed E-state index contributed by atoms with van der Waals surface area (Å²) >= 11 is 5.43. The van der Waals surface area contributed by atoms with Gasteiger partial charge in [0, 0.05) is 12.6 Å². The van der Waals surface area contributed by atoms with Crippen molar-refractivity contribution in [1.29, 1.82) is 0 Å². The van der Waals surface area contributed by atoms with Crippen molar-refractivity contribution in [2.24, 2.45) is 0 Å². The van der Waals surface area contributed by atoms with Crippen LogP contribution in [-0.4, -0.2) is 25.0 Å². The predicted octanol–water partition coefficient (Wildman–Crippen LogP) is 2.52. The van der Waals surface area contributed by atoms with E-state index < -0.39 is 17.5 Å². The van der Waals surface area contributed by atoms with Gasteiger partial charge >= 0.3 is 0 Å². The predicted molar refractivity (Wildman–Crippen MR) is 72.0 cm³/mol. The largest absolute Gasteiger partial charge is 0.348 e. The van der Waals surface area contributed by atoms with Crippen LogP contribution in [0.3, 0.4) is 0 Å². The summed E-state index contributed by atoms with van der Waals surface area (Å²) in [5.41, 5.74) is -0.317. The Morgan fingerprint density at radius 3 is 2.74 bits per heavy atom. The number of hydrogen-bond acceptors (Lipinski definition) is 2. The molecule has 3 nitrogen and oxygen atoms in total. The second-order valence-corrected chi connectivity index (χ2v) is 4.67. The molecule has 0 bridgehead atoms. The molecule has 0 spiro atoms. The Morgan fingerprint density at radius 2 is 2.11 bits per heavy atom. The zero-order chi connectivity index (χ0) is 13.1. The van der Waals surface area contributed by atoms with Gasteiger partial charge in [0.1, 0.15) is 11.6 Å². The lowest BCUT2D eigenvalue weighted by Crippen LogP contribution is -2.45. The Bertz CT molecular complexity index is 465. The molecule has 106 valence electrons. The molecule has 19 heavy (non-hydrogen) atoms. The smallest absolute Gasteiger partial charge is 0.254 e. The summed E-state index contributed by atoms with van der Waals surface area (Å²) in [7, 11) is 0. The molecule has 1 aromatic rings. The van der Waals surface area contributed by atoms with E-state index in [1.54, 1.807) is 0 Å². The Labute approximate surface area is 121 Å². The van der Waals surface area contributed by atoms with Crippen LogP contribution in [0.1, 0.15) is 23.2 Å². The molecule has 1 aliphatic rings. The van der Waals surface area contributed by atoms with Gasteiger partial charge in [0.2, 0.25) is 0 Å². The van der Waals surface area contributed by atoms with Gasteiger partial charge in [0.25, 0.3) is 5.91 Å². The molecule has 1 saturated heterocycles. The van der Waals surface area contributed by atoms with Gasteiger partial charge in [-0.1, -0.05) is 11.6 Å². The van der Waals surface area contributed by atoms with Gasteiger partial charge in [-0.15, -0.1) is 12.4 Å². The van der Waals surface area contributed by atoms with Crippen molar-refractivity contribution in [2.75, 3.05) is 13.1 Å². The van der Waals surface area contributed by atoms with E-state index >= 15 is 0 Å². The molecule has 1 fully saturated rings. The second kappa shape index (κ2) is 7.03. The number of carbonyl (C=O) groups excluding carboxylic acids is 1. The standard InChI is InChI=1S/C12H13ClF2N2O.ClH/c13-9-5-10(14)8(4-11(9)15)12(18)17-7-2-1-3-16-6-7;/h4-5,7,16H,1-3,6H2,(H,17,18);1H/t7-;/m1./s1. The molecule has 1 heterocycles. The fourth-order valence-electron chi connectivity index (χ4n) is 1.93. The highest BCUT2D eigenvalue weighted by molar-refractivity contribution is 6.30. The maximum atomic E-state index is 13.5. The monoisotopic (exact) mass is 310 g/mol. The van der Waals surface area contributed by atoms with Crippen LogP contribution < -0.4 is 10.6 Å². The number of nitrogens with one attached hydrogen (secondary N) is 2. The molecule has 2 rings (SSSR count). The Kier molecular flexibility index (Phi) is 5.97. The Morgan fingerprint density at radius 1 is 1.37 bits per heavy atom. The van der Waals surface area contributed by atoms with Crippen molar-refractivity contribution in [3.05, 3.63) is 34.4 Å². The summed E-state index contributed by atoms with van der Waals surface area (Å²) in [4.78, 5) is 11.8. The summed E-state index contributed by atoms with van der Waals surface area (Å²) in [5.74, 6) is -2.23. The molecule has 0 aromatic heterocycles. The van der Waals surface area contributed by atoms with E-state index in [1.807, 2.05) is 0 Å². The zero-order valence-corrected chi connectivity index (χ0v) is 11.6. The SMILES string of the molecule is Cl.O=C(N[C@@H]1CCCNC1)c1cc(F)c(Cl)cc1F. The van der Waals surface area contributed by atoms with E-state index in [9.17, 15) is 13.6 Å². The molecular weight excluding hydrogens is 297 g/mol. The Balaban J connectivity index is 0.00000180. The van der Waals surface area contributed by atoms with E-state index in [2.05, 4.69) is 10.6 Å². The first-order valence-corrected chi connectivity index (χ1v) is 6.12. The first-order valence-electron chi connectivity index (χ1n) is 5.74. The average molecular weight is 311 g/mol. The second-order valence-electron chi connectivity index (χ2n) is 4.26. The first-order chi connectivity index (χ1) is 8.58. The Hall–Kier alpha value is -0.910. The highest BCUT2D eigenvalue weighted by Gasteiger charge is 2.20. The van der Waals surface area contributed by atoms with Crippen LogP contribution in [-0.2, 0) is 0 Å². The van der Waals surface area contributed by atoms with E-state index in [-0.39, 0.29) is 29.0 Å². The van der Waals surface area contributed by atoms with Crippen molar-refractivity contribution in [3.63, 3.8) is 0 Å². The van der Waals surface area contributed by atoms with Crippen LogP contribution in [0.2, 0.25) is 5.02 Å². The van der Waals surface area contributed by atoms with Gasteiger partial charge in [0.05, 0.1) is 10.6 Å². The van der Waals surface area contributed by atoms with Crippen LogP contribution >= 0.6 is 24.0 Å². The van der Waals surface area contributed by atoms with Crippen LogP contribution in [0, 0.1) is 11.6 Å². The summed E-state index contributed by atoms with van der Waals surface area (Å²) in [6, 6.07) is 1.58. The lowest BCUT2D eigenvalue weighted by Gasteiger charge is -2.23. The highest BCUT2D eigenvalue weighted by atomic mass is 35.5. The summed E-state index contributed by atoms with van der Waals surface area (Å²) < 4.78 is 26.7. The third-order valence-corrected chi connectivity index (χ3v) is 3.18. The number of amides is 1. The molecule has 0 saturated carbocycles. The minimum absolute atomic E-state index is 0. The number of benzene rings is 1. The van der Waals surface area contributed by atoms with Crippen LogP contribution in [0.4, 0.5) is 8.78 Å². The van der Waals surface area contributed by atoms with E-state index in [1.165, 1.54) is 0 Å². The van der Waals surface area contributed by atoms with Gasteiger partial charge < -0.3 is 10.6 Å². The van der Waals surface area contributed by atoms with Crippen LogP contribution in [0.25, 0.3) is 0 Å². The third kappa shape index (κ3) is 4.03. The summed E-state index contributed by atoms with van der Waals surface area (Å²) in [6.07, 6.45) is 1.78. The molecule has 0 radical (unpaired) electrons. The number of piperidine rings is 1. The first kappa shape index (κ1) is 16.1. The van der Waals surface area contributed by atoms with Crippen molar-refractivity contribution in [2.45, 2.75) is 18.9 Å². The summed E-state index contributed by atoms with van der Waals surface area (Å²) in [6.45, 7) is 1.56. The molecule has 2 N–H and O–H groups in total. The lowest BCUT2D eigenvalue weighted by atomic mass is 10.1. The van der Waals surface area contributed by atoms with Gasteiger partial charge in [-0.3, -0.25) is 4.79 Å². The van der Waals surface area contributed by atoms with Gasteiger partial charge in [-0.05, 0) is 31.5 Å². The van der Waals surface area contributed by atoms with Gasteiger partial charge in [-0.2, -0.15) is 0 Å². The maximum absolute atomic E-state index is 13.5. The van der Waals surface area contributed by atoms with Crippen LogP contribution in [0.5, 0.6) is 0 Å². The molecule has 0 unspecified atom stereocenters. The maximum Gasteiger partial charge on any atom is 0.254 e. The zero-order valence-electron chi connectivity index (χ0n) is 10.0. The third-order valence-electron chi connectivity index (χ3n) is 2.89. The van der Waals surface area contributed by atoms with E-state index in [0.29, 0.717) is 6.54 Å². The van der Waals surface area contributed by atoms with E-state index in [4.69, 9.17) is 11.6 Å². The minimum atomic E-state index is -0.817. The number of hydrogen-bond donors (Lipinski definition) is 2. The number of carbonyl (C=O) groups is 1. The van der Waals surface area contributed by atoms with Crippen molar-refractivity contribution >= 4 is 29.9 Å². The molecule has 1 aromatic carbocycles. The van der Waals surface area contributed by atoms with Gasteiger partial charge in [-0.25, -0.2) is 8.78 Å². The van der Waals surface area contributed by atoms with Crippen LogP contribution in [0.15, 0.2) is 12.1 Å². The van der Waals surface area contributed by atoms with E-state index in [0.717, 1.165) is 31.5 Å². The molecule has 1 amide bonds. The van der Waals surface area contributed by atoms with Gasteiger partial charge in [0.15, 0.2) is 0 Å². The quantitative estimate of drug-likeness (QED) is 0.824. The highest BCUT2D eigenvalue weighted by Crippen LogP contribution is 2.19. The summed E-state index contributed by atoms with van der Waals surface area (Å²) in [5, 5.41) is 5.46. The molecule has 7 heteroatoms. The molecule has 1 atom stereocenters. The number of halogens is 4. The van der Waals surface area contributed by atoms with Crippen molar-refractivity contribution in [1.82, 2.24) is 10.6 Å². The normalized spacial score (nSPS) is 18.6. The van der Waals surface area contributed by atoms with Crippen molar-refractivity contribution < 1.29 is 13.6 Å². The number of rotatable bonds is 2. The topological polar surface area (TPSA) is 41.1 Å². The molecule has 0 aliphatic carbocycles. The minimum Gasteiger partial charge on any atom is -0.348 e.